The van der Waals surface area contributed by atoms with Crippen LogP contribution in [0.3, 0.4) is 0 Å². The molecule has 1 saturated heterocycles. The first-order valence-electron chi connectivity index (χ1n) is 7.84. The largest absolute Gasteiger partial charge is 0.349 e. The maximum absolute atomic E-state index is 12.3. The number of aryl methyl sites for hydroxylation is 1. The standard InChI is InChI=1S/C15H24N4O/c1-11(19-8-4-5-9-19)10-16-15(20)14-12-6-2-3-7-13(12)17-18-14/h11H,2-10H2,1H3,(H,16,20)(H,17,18). The summed E-state index contributed by atoms with van der Waals surface area (Å²) >= 11 is 0. The number of carbonyl (C=O) groups excluding carboxylic acids is 1. The van der Waals surface area contributed by atoms with Crippen LogP contribution in [0.2, 0.25) is 0 Å². The average molecular weight is 276 g/mol. The van der Waals surface area contributed by atoms with Crippen LogP contribution in [-0.2, 0) is 12.8 Å². The van der Waals surface area contributed by atoms with Crippen molar-refractivity contribution >= 4 is 5.91 Å². The van der Waals surface area contributed by atoms with Crippen molar-refractivity contribution in [3.05, 3.63) is 17.0 Å². The van der Waals surface area contributed by atoms with Gasteiger partial charge in [0.25, 0.3) is 5.91 Å². The first kappa shape index (κ1) is 13.6. The Hall–Kier alpha value is -1.36. The third-order valence-corrected chi connectivity index (χ3v) is 4.59. The van der Waals surface area contributed by atoms with E-state index in [1.807, 2.05) is 0 Å². The second-order valence-corrected chi connectivity index (χ2v) is 6.04. The minimum absolute atomic E-state index is 0.0181. The van der Waals surface area contributed by atoms with E-state index in [4.69, 9.17) is 0 Å². The summed E-state index contributed by atoms with van der Waals surface area (Å²) in [6.07, 6.45) is 6.94. The van der Waals surface area contributed by atoms with Gasteiger partial charge >= 0.3 is 0 Å². The van der Waals surface area contributed by atoms with Gasteiger partial charge in [-0.15, -0.1) is 0 Å². The summed E-state index contributed by atoms with van der Waals surface area (Å²) in [7, 11) is 0. The highest BCUT2D eigenvalue weighted by atomic mass is 16.1. The summed E-state index contributed by atoms with van der Waals surface area (Å²) in [4.78, 5) is 14.7. The van der Waals surface area contributed by atoms with E-state index >= 15 is 0 Å². The zero-order valence-electron chi connectivity index (χ0n) is 12.2. The molecular weight excluding hydrogens is 252 g/mol. The number of H-pyrrole nitrogens is 1. The van der Waals surface area contributed by atoms with E-state index < -0.39 is 0 Å². The molecule has 110 valence electrons. The van der Waals surface area contributed by atoms with Gasteiger partial charge < -0.3 is 5.32 Å². The Kier molecular flexibility index (Phi) is 4.05. The van der Waals surface area contributed by atoms with Gasteiger partial charge in [-0.3, -0.25) is 14.8 Å². The molecule has 1 aromatic rings. The van der Waals surface area contributed by atoms with Crippen molar-refractivity contribution in [2.75, 3.05) is 19.6 Å². The monoisotopic (exact) mass is 276 g/mol. The van der Waals surface area contributed by atoms with Gasteiger partial charge in [0.2, 0.25) is 0 Å². The molecule has 0 spiro atoms. The molecule has 2 aliphatic rings. The number of rotatable bonds is 4. The fraction of sp³-hybridized carbons (Fsp3) is 0.733. The quantitative estimate of drug-likeness (QED) is 0.876. The molecule has 1 atom stereocenters. The number of amides is 1. The molecule has 20 heavy (non-hydrogen) atoms. The van der Waals surface area contributed by atoms with Crippen LogP contribution in [0.1, 0.15) is 54.4 Å². The topological polar surface area (TPSA) is 61.0 Å². The van der Waals surface area contributed by atoms with E-state index in [1.165, 1.54) is 19.3 Å². The van der Waals surface area contributed by atoms with Crippen molar-refractivity contribution < 1.29 is 4.79 Å². The fourth-order valence-electron chi connectivity index (χ4n) is 3.30. The van der Waals surface area contributed by atoms with E-state index in [0.29, 0.717) is 18.3 Å². The zero-order valence-corrected chi connectivity index (χ0v) is 12.2. The summed E-state index contributed by atoms with van der Waals surface area (Å²) in [5.41, 5.74) is 2.92. The number of hydrogen-bond donors (Lipinski definition) is 2. The number of carbonyl (C=O) groups is 1. The van der Waals surface area contributed by atoms with Crippen molar-refractivity contribution in [1.82, 2.24) is 20.4 Å². The lowest BCUT2D eigenvalue weighted by Crippen LogP contribution is -2.41. The Labute approximate surface area is 120 Å². The molecule has 3 rings (SSSR count). The summed E-state index contributed by atoms with van der Waals surface area (Å²) < 4.78 is 0. The van der Waals surface area contributed by atoms with Crippen LogP contribution in [0.25, 0.3) is 0 Å². The lowest BCUT2D eigenvalue weighted by Gasteiger charge is -2.23. The minimum Gasteiger partial charge on any atom is -0.349 e. The maximum atomic E-state index is 12.3. The smallest absolute Gasteiger partial charge is 0.272 e. The Bertz CT molecular complexity index is 476. The number of nitrogens with one attached hydrogen (secondary N) is 2. The van der Waals surface area contributed by atoms with E-state index in [2.05, 4.69) is 27.3 Å². The zero-order chi connectivity index (χ0) is 13.9. The van der Waals surface area contributed by atoms with Crippen LogP contribution in [0, 0.1) is 0 Å². The molecule has 1 aliphatic heterocycles. The molecule has 5 heteroatoms. The van der Waals surface area contributed by atoms with Crippen LogP contribution in [0.4, 0.5) is 0 Å². The number of likely N-dealkylation sites (tertiary alicyclic amines) is 1. The van der Waals surface area contributed by atoms with E-state index in [0.717, 1.165) is 43.6 Å². The van der Waals surface area contributed by atoms with Crippen molar-refractivity contribution in [3.8, 4) is 0 Å². The molecule has 0 bridgehead atoms. The average Bonchev–Trinajstić information content (AvgIpc) is 3.13. The summed E-state index contributed by atoms with van der Waals surface area (Å²) in [6.45, 7) is 5.22. The Balaban J connectivity index is 1.57. The first-order chi connectivity index (χ1) is 9.75. The highest BCUT2D eigenvalue weighted by Crippen LogP contribution is 2.22. The second kappa shape index (κ2) is 5.95. The van der Waals surface area contributed by atoms with Crippen molar-refractivity contribution in [3.63, 3.8) is 0 Å². The number of aromatic amines is 1. The van der Waals surface area contributed by atoms with Crippen LogP contribution in [0.5, 0.6) is 0 Å². The van der Waals surface area contributed by atoms with Gasteiger partial charge in [0, 0.05) is 23.8 Å². The molecule has 1 aliphatic carbocycles. The van der Waals surface area contributed by atoms with Gasteiger partial charge in [0.05, 0.1) is 0 Å². The molecule has 1 aromatic heterocycles. The summed E-state index contributed by atoms with van der Waals surface area (Å²) in [5.74, 6) is -0.0181. The molecule has 1 fully saturated rings. The van der Waals surface area contributed by atoms with Crippen molar-refractivity contribution in [1.29, 1.82) is 0 Å². The lowest BCUT2D eigenvalue weighted by molar-refractivity contribution is 0.0934. The fourth-order valence-corrected chi connectivity index (χ4v) is 3.30. The Morgan fingerprint density at radius 2 is 2.05 bits per heavy atom. The van der Waals surface area contributed by atoms with Crippen LogP contribution in [-0.4, -0.2) is 46.7 Å². The minimum atomic E-state index is -0.0181. The molecule has 0 saturated carbocycles. The van der Waals surface area contributed by atoms with Gasteiger partial charge in [0.15, 0.2) is 5.69 Å². The highest BCUT2D eigenvalue weighted by molar-refractivity contribution is 5.94. The maximum Gasteiger partial charge on any atom is 0.272 e. The third-order valence-electron chi connectivity index (χ3n) is 4.59. The number of hydrogen-bond acceptors (Lipinski definition) is 3. The van der Waals surface area contributed by atoms with Crippen LogP contribution in [0.15, 0.2) is 0 Å². The van der Waals surface area contributed by atoms with Gasteiger partial charge in [-0.2, -0.15) is 5.10 Å². The SMILES string of the molecule is CC(CNC(=O)c1n[nH]c2c1CCCC2)N1CCCC1. The van der Waals surface area contributed by atoms with E-state index in [-0.39, 0.29) is 5.91 Å². The molecule has 1 unspecified atom stereocenters. The molecule has 2 N–H and O–H groups in total. The number of fused-ring (bicyclic) bond motifs is 1. The van der Waals surface area contributed by atoms with E-state index in [9.17, 15) is 4.79 Å². The normalized spacial score (nSPS) is 20.6. The summed E-state index contributed by atoms with van der Waals surface area (Å²) in [5, 5.41) is 10.3. The lowest BCUT2D eigenvalue weighted by atomic mass is 9.96. The molecular formula is C15H24N4O. The van der Waals surface area contributed by atoms with E-state index in [1.54, 1.807) is 0 Å². The highest BCUT2D eigenvalue weighted by Gasteiger charge is 2.23. The van der Waals surface area contributed by atoms with Gasteiger partial charge in [-0.05, 0) is 58.5 Å². The van der Waals surface area contributed by atoms with Crippen molar-refractivity contribution in [2.45, 2.75) is 51.5 Å². The second-order valence-electron chi connectivity index (χ2n) is 6.04. The van der Waals surface area contributed by atoms with Gasteiger partial charge in [-0.25, -0.2) is 0 Å². The van der Waals surface area contributed by atoms with Gasteiger partial charge in [0.1, 0.15) is 0 Å². The molecule has 2 heterocycles. The predicted octanol–water partition coefficient (Wildman–Crippen LogP) is 1.50. The van der Waals surface area contributed by atoms with Crippen molar-refractivity contribution in [2.24, 2.45) is 0 Å². The predicted molar refractivity (Wildman–Crippen MR) is 77.8 cm³/mol. The molecule has 1 amide bonds. The molecule has 0 aromatic carbocycles. The van der Waals surface area contributed by atoms with Crippen LogP contribution < -0.4 is 5.32 Å². The number of nitrogens with zero attached hydrogens (tertiary/aromatic N) is 2. The van der Waals surface area contributed by atoms with Gasteiger partial charge in [-0.1, -0.05) is 0 Å². The molecule has 5 nitrogen and oxygen atoms in total. The Morgan fingerprint density at radius 1 is 1.30 bits per heavy atom. The molecule has 0 radical (unpaired) electrons. The third kappa shape index (κ3) is 2.73. The Morgan fingerprint density at radius 3 is 2.85 bits per heavy atom. The number of aromatic nitrogens is 2. The first-order valence-corrected chi connectivity index (χ1v) is 7.84. The summed E-state index contributed by atoms with van der Waals surface area (Å²) in [6, 6.07) is 0.413. The van der Waals surface area contributed by atoms with Crippen LogP contribution >= 0.6 is 0 Å².